The van der Waals surface area contributed by atoms with E-state index in [1.807, 2.05) is 18.2 Å². The number of carbonyl (C=O) groups is 2. The number of fused-ring (bicyclic) bond motifs is 1. The zero-order valence-corrected chi connectivity index (χ0v) is 21.9. The van der Waals surface area contributed by atoms with Crippen molar-refractivity contribution in [1.82, 2.24) is 10.2 Å². The largest absolute Gasteiger partial charge is 0.508 e. The highest BCUT2D eigenvalue weighted by molar-refractivity contribution is 6.42. The summed E-state index contributed by atoms with van der Waals surface area (Å²) in [4.78, 5) is 27.5. The average Bonchev–Trinajstić information content (AvgIpc) is 2.81. The van der Waals surface area contributed by atoms with Crippen LogP contribution < -0.4 is 5.32 Å². The number of carbonyl (C=O) groups excluding carboxylic acids is 2. The van der Waals surface area contributed by atoms with Crippen LogP contribution in [-0.2, 0) is 26.2 Å². The Balaban J connectivity index is 1.63. The van der Waals surface area contributed by atoms with Crippen molar-refractivity contribution in [3.05, 3.63) is 76.3 Å². The van der Waals surface area contributed by atoms with Crippen molar-refractivity contribution in [2.75, 3.05) is 19.6 Å². The predicted octanol–water partition coefficient (Wildman–Crippen LogP) is 4.90. The van der Waals surface area contributed by atoms with Crippen LogP contribution in [0.25, 0.3) is 0 Å². The van der Waals surface area contributed by atoms with Crippen molar-refractivity contribution in [2.45, 2.75) is 50.2 Å². The number of likely N-dealkylation sites (tertiary alicyclic amines) is 1. The summed E-state index contributed by atoms with van der Waals surface area (Å²) in [7, 11) is 0. The van der Waals surface area contributed by atoms with Gasteiger partial charge in [-0.2, -0.15) is 0 Å². The number of phenols is 1. The van der Waals surface area contributed by atoms with Crippen LogP contribution in [0.15, 0.2) is 55.1 Å². The van der Waals surface area contributed by atoms with E-state index in [9.17, 15) is 14.7 Å². The highest BCUT2D eigenvalue weighted by Crippen LogP contribution is 2.50. The molecule has 2 aliphatic rings. The van der Waals surface area contributed by atoms with Crippen LogP contribution >= 0.6 is 23.2 Å². The summed E-state index contributed by atoms with van der Waals surface area (Å²) in [6.45, 7) is 7.64. The Morgan fingerprint density at radius 2 is 2.06 bits per heavy atom. The van der Waals surface area contributed by atoms with Gasteiger partial charge in [0.15, 0.2) is 0 Å². The number of nitrogens with zero attached hydrogens (tertiary/aromatic N) is 1. The van der Waals surface area contributed by atoms with Gasteiger partial charge in [0.25, 0.3) is 0 Å². The molecule has 1 amide bonds. The third-order valence-electron chi connectivity index (χ3n) is 7.45. The number of benzene rings is 2. The smallest absolute Gasteiger partial charge is 0.302 e. The second-order valence-corrected chi connectivity index (χ2v) is 10.7. The van der Waals surface area contributed by atoms with Crippen LogP contribution in [0.3, 0.4) is 0 Å². The molecule has 0 radical (unpaired) electrons. The molecule has 0 spiro atoms. The SMILES string of the molecule is C=CCN1CCC2(c3cccc(O)c3)C[C@@H](NC(=O)Cc3ccc(Cl)c(Cl)c3)CC(OC(C)=O)C2C1. The molecule has 4 rings (SSSR count). The molecule has 3 unspecified atom stereocenters. The van der Waals surface area contributed by atoms with Gasteiger partial charge in [0.2, 0.25) is 5.91 Å². The summed E-state index contributed by atoms with van der Waals surface area (Å²) in [6, 6.07) is 12.3. The van der Waals surface area contributed by atoms with Crippen LogP contribution in [0.1, 0.15) is 37.3 Å². The Morgan fingerprint density at radius 3 is 2.75 bits per heavy atom. The number of hydrogen-bond donors (Lipinski definition) is 2. The molecule has 8 heteroatoms. The molecule has 0 aromatic heterocycles. The fourth-order valence-corrected chi connectivity index (χ4v) is 6.31. The van der Waals surface area contributed by atoms with Crippen molar-refractivity contribution < 1.29 is 19.4 Å². The van der Waals surface area contributed by atoms with Crippen LogP contribution in [0.4, 0.5) is 0 Å². The van der Waals surface area contributed by atoms with Crippen molar-refractivity contribution in [2.24, 2.45) is 5.92 Å². The van der Waals surface area contributed by atoms with Gasteiger partial charge in [-0.25, -0.2) is 0 Å². The number of esters is 1. The van der Waals surface area contributed by atoms with E-state index < -0.39 is 0 Å². The first-order valence-electron chi connectivity index (χ1n) is 12.2. The Morgan fingerprint density at radius 1 is 1.25 bits per heavy atom. The quantitative estimate of drug-likeness (QED) is 0.393. The van der Waals surface area contributed by atoms with E-state index in [2.05, 4.69) is 16.8 Å². The summed E-state index contributed by atoms with van der Waals surface area (Å²) in [6.07, 6.45) is 3.71. The van der Waals surface area contributed by atoms with Crippen LogP contribution in [0.2, 0.25) is 10.0 Å². The third kappa shape index (κ3) is 5.88. The Bertz CT molecular complexity index is 1140. The summed E-state index contributed by atoms with van der Waals surface area (Å²) < 4.78 is 5.89. The lowest BCUT2D eigenvalue weighted by molar-refractivity contribution is -0.157. The van der Waals surface area contributed by atoms with Crippen molar-refractivity contribution in [3.8, 4) is 5.75 Å². The number of halogens is 2. The zero-order valence-electron chi connectivity index (χ0n) is 20.4. The molecular weight excluding hydrogens is 499 g/mol. The van der Waals surface area contributed by atoms with E-state index in [4.69, 9.17) is 27.9 Å². The maximum absolute atomic E-state index is 13.0. The molecule has 6 nitrogen and oxygen atoms in total. The molecule has 2 aromatic carbocycles. The lowest BCUT2D eigenvalue weighted by atomic mass is 9.57. The lowest BCUT2D eigenvalue weighted by Gasteiger charge is -2.55. The fraction of sp³-hybridized carbons (Fsp3) is 0.429. The van der Waals surface area contributed by atoms with Gasteiger partial charge >= 0.3 is 5.97 Å². The number of aromatic hydroxyl groups is 1. The van der Waals surface area contributed by atoms with Gasteiger partial charge in [-0.3, -0.25) is 14.5 Å². The molecule has 2 aromatic rings. The van der Waals surface area contributed by atoms with E-state index in [-0.39, 0.29) is 47.5 Å². The predicted molar refractivity (Wildman–Crippen MR) is 141 cm³/mol. The number of rotatable bonds is 7. The standard InChI is InChI=1S/C28H32Cl2N2O4/c1-3-10-32-11-9-28(20-5-4-6-22(34)14-20)16-21(15-26(23(28)17-32)36-18(2)33)31-27(35)13-19-7-8-24(29)25(30)12-19/h3-8,12,14,21,23,26,34H,1,9-11,13,15-17H2,2H3,(H,31,35)/t21-,23?,26?,28?/m0/s1. The molecular formula is C28H32Cl2N2O4. The van der Waals surface area contributed by atoms with Gasteiger partial charge in [0, 0.05) is 43.8 Å². The van der Waals surface area contributed by atoms with E-state index in [1.54, 1.807) is 30.3 Å². The van der Waals surface area contributed by atoms with Gasteiger partial charge < -0.3 is 15.2 Å². The molecule has 1 saturated carbocycles. The Kier molecular flexibility index (Phi) is 8.28. The summed E-state index contributed by atoms with van der Waals surface area (Å²) in [5.41, 5.74) is 1.41. The van der Waals surface area contributed by atoms with Gasteiger partial charge in [-0.05, 0) is 54.8 Å². The van der Waals surface area contributed by atoms with Gasteiger partial charge in [-0.15, -0.1) is 6.58 Å². The second kappa shape index (κ2) is 11.2. The van der Waals surface area contributed by atoms with Crippen molar-refractivity contribution in [1.29, 1.82) is 0 Å². The first-order valence-corrected chi connectivity index (χ1v) is 13.0. The number of phenolic OH excluding ortho intramolecular Hbond substituents is 1. The number of ether oxygens (including phenoxy) is 1. The molecule has 2 fully saturated rings. The topological polar surface area (TPSA) is 78.9 Å². The van der Waals surface area contributed by atoms with E-state index in [0.717, 1.165) is 37.2 Å². The minimum Gasteiger partial charge on any atom is -0.508 e. The summed E-state index contributed by atoms with van der Waals surface area (Å²) >= 11 is 12.1. The average molecular weight is 531 g/mol. The molecule has 4 atom stereocenters. The highest BCUT2D eigenvalue weighted by atomic mass is 35.5. The van der Waals surface area contributed by atoms with E-state index in [0.29, 0.717) is 22.9 Å². The molecule has 1 aliphatic heterocycles. The number of nitrogens with one attached hydrogen (secondary N) is 1. The maximum atomic E-state index is 13.0. The molecule has 1 heterocycles. The Labute approximate surface area is 222 Å². The first-order chi connectivity index (χ1) is 17.2. The van der Waals surface area contributed by atoms with Crippen molar-refractivity contribution in [3.63, 3.8) is 0 Å². The molecule has 36 heavy (non-hydrogen) atoms. The molecule has 1 saturated heterocycles. The summed E-state index contributed by atoms with van der Waals surface area (Å²) in [5, 5.41) is 14.3. The third-order valence-corrected chi connectivity index (χ3v) is 8.19. The van der Waals surface area contributed by atoms with Crippen LogP contribution in [-0.4, -0.2) is 53.7 Å². The molecule has 192 valence electrons. The zero-order chi connectivity index (χ0) is 25.9. The van der Waals surface area contributed by atoms with E-state index >= 15 is 0 Å². The molecule has 2 N–H and O–H groups in total. The molecule has 1 aliphatic carbocycles. The Hall–Kier alpha value is -2.54. The van der Waals surface area contributed by atoms with Gasteiger partial charge in [-0.1, -0.05) is 47.5 Å². The normalized spacial score (nSPS) is 26.0. The van der Waals surface area contributed by atoms with E-state index in [1.165, 1.54) is 6.92 Å². The van der Waals surface area contributed by atoms with Gasteiger partial charge in [0.1, 0.15) is 11.9 Å². The minimum absolute atomic E-state index is 0.0140. The highest BCUT2D eigenvalue weighted by Gasteiger charge is 2.53. The molecule has 0 bridgehead atoms. The minimum atomic E-state index is -0.374. The summed E-state index contributed by atoms with van der Waals surface area (Å²) in [5.74, 6) is -0.258. The first kappa shape index (κ1) is 26.5. The lowest BCUT2D eigenvalue weighted by Crippen LogP contribution is -2.61. The van der Waals surface area contributed by atoms with Crippen molar-refractivity contribution >= 4 is 35.1 Å². The second-order valence-electron chi connectivity index (χ2n) is 9.89. The van der Waals surface area contributed by atoms with Gasteiger partial charge in [0.05, 0.1) is 16.5 Å². The maximum Gasteiger partial charge on any atom is 0.302 e. The van der Waals surface area contributed by atoms with Crippen LogP contribution in [0.5, 0.6) is 5.75 Å². The fourth-order valence-electron chi connectivity index (χ4n) is 5.99. The monoisotopic (exact) mass is 530 g/mol. The number of piperidine rings is 1. The van der Waals surface area contributed by atoms with Crippen LogP contribution in [0, 0.1) is 5.92 Å². The number of hydrogen-bond acceptors (Lipinski definition) is 5. The number of amides is 1.